The molecule has 0 saturated carbocycles. The summed E-state index contributed by atoms with van der Waals surface area (Å²) in [7, 11) is 0. The first-order valence-corrected chi connectivity index (χ1v) is 8.16. The third kappa shape index (κ3) is 2.53. The second-order valence-electron chi connectivity index (χ2n) is 5.81. The Balaban J connectivity index is 1.94. The van der Waals surface area contributed by atoms with Crippen molar-refractivity contribution in [1.29, 1.82) is 0 Å². The number of aliphatic hydroxyl groups excluding tert-OH is 1. The van der Waals surface area contributed by atoms with Gasteiger partial charge in [-0.15, -0.1) is 0 Å². The zero-order valence-electron chi connectivity index (χ0n) is 13.4. The van der Waals surface area contributed by atoms with Crippen LogP contribution >= 0.6 is 0 Å². The van der Waals surface area contributed by atoms with Crippen molar-refractivity contribution in [3.63, 3.8) is 0 Å². The monoisotopic (exact) mass is 317 g/mol. The molecule has 0 atom stereocenters. The van der Waals surface area contributed by atoms with Crippen molar-refractivity contribution in [3.8, 4) is 5.75 Å². The van der Waals surface area contributed by atoms with Crippen molar-refractivity contribution in [3.05, 3.63) is 78.4 Å². The second-order valence-corrected chi connectivity index (χ2v) is 5.81. The predicted molar refractivity (Wildman–Crippen MR) is 97.6 cm³/mol. The molecule has 3 nitrogen and oxygen atoms in total. The number of nitrogens with zero attached hydrogens (tertiary/aromatic N) is 1. The zero-order valence-corrected chi connectivity index (χ0v) is 13.4. The first-order chi connectivity index (χ1) is 11.9. The van der Waals surface area contributed by atoms with Crippen molar-refractivity contribution in [2.45, 2.75) is 6.54 Å². The molecule has 0 amide bonds. The van der Waals surface area contributed by atoms with Crippen LogP contribution in [0.15, 0.2) is 72.8 Å². The number of aliphatic hydroxyl groups is 1. The molecule has 0 radical (unpaired) electrons. The molecule has 3 aromatic carbocycles. The Morgan fingerprint density at radius 2 is 1.54 bits per heavy atom. The van der Waals surface area contributed by atoms with Crippen molar-refractivity contribution in [1.82, 2.24) is 4.57 Å². The van der Waals surface area contributed by atoms with E-state index in [4.69, 9.17) is 9.84 Å². The van der Waals surface area contributed by atoms with Crippen LogP contribution in [0.1, 0.15) is 5.56 Å². The fourth-order valence-electron chi connectivity index (χ4n) is 3.28. The van der Waals surface area contributed by atoms with Crippen molar-refractivity contribution >= 4 is 21.8 Å². The normalized spacial score (nSPS) is 11.2. The van der Waals surface area contributed by atoms with Gasteiger partial charge in [-0.3, -0.25) is 0 Å². The van der Waals surface area contributed by atoms with Crippen LogP contribution < -0.4 is 4.74 Å². The van der Waals surface area contributed by atoms with Gasteiger partial charge in [-0.2, -0.15) is 0 Å². The Morgan fingerprint density at radius 1 is 0.792 bits per heavy atom. The SMILES string of the molecule is OCCOc1cccc2c1c1ccccc1n2Cc1ccccc1. The Hall–Kier alpha value is -2.78. The summed E-state index contributed by atoms with van der Waals surface area (Å²) in [6, 6.07) is 25.0. The molecule has 0 saturated heterocycles. The van der Waals surface area contributed by atoms with Crippen molar-refractivity contribution < 1.29 is 9.84 Å². The number of ether oxygens (including phenoxy) is 1. The highest BCUT2D eigenvalue weighted by Crippen LogP contribution is 2.36. The molecule has 0 aliphatic heterocycles. The molecule has 0 aliphatic rings. The fourth-order valence-corrected chi connectivity index (χ4v) is 3.28. The lowest BCUT2D eigenvalue weighted by Crippen LogP contribution is -2.02. The van der Waals surface area contributed by atoms with E-state index in [2.05, 4.69) is 59.2 Å². The Bertz CT molecular complexity index is 973. The third-order valence-electron chi connectivity index (χ3n) is 4.29. The number of fused-ring (bicyclic) bond motifs is 3. The first-order valence-electron chi connectivity index (χ1n) is 8.16. The number of rotatable bonds is 5. The van der Waals surface area contributed by atoms with E-state index in [1.165, 1.54) is 16.5 Å². The topological polar surface area (TPSA) is 34.4 Å². The van der Waals surface area contributed by atoms with Gasteiger partial charge < -0.3 is 14.4 Å². The molecule has 4 aromatic rings. The summed E-state index contributed by atoms with van der Waals surface area (Å²) in [6.07, 6.45) is 0. The standard InChI is InChI=1S/C21H19NO2/c23-13-14-24-20-12-6-11-19-21(20)17-9-4-5-10-18(17)22(19)15-16-7-2-1-3-8-16/h1-12,23H,13-15H2. The van der Waals surface area contributed by atoms with Gasteiger partial charge in [0.05, 0.1) is 12.1 Å². The number of para-hydroxylation sites is 1. The lowest BCUT2D eigenvalue weighted by molar-refractivity contribution is 0.203. The van der Waals surface area contributed by atoms with Crippen LogP contribution in [0.4, 0.5) is 0 Å². The van der Waals surface area contributed by atoms with Gasteiger partial charge in [0, 0.05) is 22.8 Å². The Labute approximate surface area is 140 Å². The van der Waals surface area contributed by atoms with Crippen LogP contribution in [0.5, 0.6) is 5.75 Å². The summed E-state index contributed by atoms with van der Waals surface area (Å²) in [4.78, 5) is 0. The number of aromatic nitrogens is 1. The van der Waals surface area contributed by atoms with Crippen LogP contribution in [0, 0.1) is 0 Å². The molecule has 1 aromatic heterocycles. The van der Waals surface area contributed by atoms with E-state index in [0.717, 1.165) is 23.2 Å². The van der Waals surface area contributed by atoms with Crippen molar-refractivity contribution in [2.24, 2.45) is 0 Å². The maximum atomic E-state index is 9.08. The number of hydrogen-bond acceptors (Lipinski definition) is 2. The average molecular weight is 317 g/mol. The summed E-state index contributed by atoms with van der Waals surface area (Å²) in [5.41, 5.74) is 3.61. The van der Waals surface area contributed by atoms with Gasteiger partial charge in [0.15, 0.2) is 0 Å². The molecule has 0 bridgehead atoms. The first kappa shape index (κ1) is 14.8. The molecular weight excluding hydrogens is 298 g/mol. The van der Waals surface area contributed by atoms with Gasteiger partial charge in [0.2, 0.25) is 0 Å². The summed E-state index contributed by atoms with van der Waals surface area (Å²) < 4.78 is 8.10. The average Bonchev–Trinajstić information content (AvgIpc) is 2.96. The van der Waals surface area contributed by atoms with E-state index in [-0.39, 0.29) is 6.61 Å². The second kappa shape index (κ2) is 6.38. The van der Waals surface area contributed by atoms with Gasteiger partial charge in [-0.25, -0.2) is 0 Å². The van der Waals surface area contributed by atoms with Gasteiger partial charge in [0.1, 0.15) is 12.4 Å². The Morgan fingerprint density at radius 3 is 2.38 bits per heavy atom. The lowest BCUT2D eigenvalue weighted by atomic mass is 10.1. The minimum Gasteiger partial charge on any atom is -0.490 e. The van der Waals surface area contributed by atoms with E-state index in [1.54, 1.807) is 0 Å². The smallest absolute Gasteiger partial charge is 0.129 e. The van der Waals surface area contributed by atoms with Crippen molar-refractivity contribution in [2.75, 3.05) is 13.2 Å². The van der Waals surface area contributed by atoms with Crippen LogP contribution in [0.25, 0.3) is 21.8 Å². The van der Waals surface area contributed by atoms with E-state index < -0.39 is 0 Å². The van der Waals surface area contributed by atoms with E-state index in [0.29, 0.717) is 6.61 Å². The zero-order chi connectivity index (χ0) is 16.4. The van der Waals surface area contributed by atoms with Gasteiger partial charge in [-0.1, -0.05) is 54.6 Å². The van der Waals surface area contributed by atoms with Gasteiger partial charge in [0.25, 0.3) is 0 Å². The van der Waals surface area contributed by atoms with Gasteiger partial charge in [-0.05, 0) is 23.8 Å². The Kier molecular flexibility index (Phi) is 3.93. The van der Waals surface area contributed by atoms with Crippen LogP contribution in [0.3, 0.4) is 0 Å². The molecule has 0 spiro atoms. The van der Waals surface area contributed by atoms with Gasteiger partial charge >= 0.3 is 0 Å². The van der Waals surface area contributed by atoms with E-state index in [1.807, 2.05) is 18.2 Å². The quantitative estimate of drug-likeness (QED) is 0.598. The summed E-state index contributed by atoms with van der Waals surface area (Å²) >= 11 is 0. The molecule has 24 heavy (non-hydrogen) atoms. The molecule has 0 aliphatic carbocycles. The number of hydrogen-bond donors (Lipinski definition) is 1. The van der Waals surface area contributed by atoms with E-state index in [9.17, 15) is 0 Å². The molecule has 1 N–H and O–H groups in total. The summed E-state index contributed by atoms with van der Waals surface area (Å²) in [5, 5.41) is 11.4. The highest BCUT2D eigenvalue weighted by molar-refractivity contribution is 6.11. The summed E-state index contributed by atoms with van der Waals surface area (Å²) in [6.45, 7) is 1.13. The highest BCUT2D eigenvalue weighted by Gasteiger charge is 2.14. The van der Waals surface area contributed by atoms with Crippen LogP contribution in [-0.4, -0.2) is 22.9 Å². The van der Waals surface area contributed by atoms with E-state index >= 15 is 0 Å². The molecule has 0 unspecified atom stereocenters. The molecular formula is C21H19NO2. The molecule has 3 heteroatoms. The minimum atomic E-state index is 0.0129. The molecule has 120 valence electrons. The third-order valence-corrected chi connectivity index (χ3v) is 4.29. The highest BCUT2D eigenvalue weighted by atomic mass is 16.5. The largest absolute Gasteiger partial charge is 0.490 e. The fraction of sp³-hybridized carbons (Fsp3) is 0.143. The summed E-state index contributed by atoms with van der Waals surface area (Å²) in [5.74, 6) is 0.824. The number of benzene rings is 3. The molecule has 1 heterocycles. The molecule has 4 rings (SSSR count). The predicted octanol–water partition coefficient (Wildman–Crippen LogP) is 4.21. The minimum absolute atomic E-state index is 0.0129. The van der Waals surface area contributed by atoms with Crippen LogP contribution in [0.2, 0.25) is 0 Å². The maximum Gasteiger partial charge on any atom is 0.129 e. The molecule has 0 fully saturated rings. The maximum absolute atomic E-state index is 9.08. The lowest BCUT2D eigenvalue weighted by Gasteiger charge is -2.09. The van der Waals surface area contributed by atoms with Crippen LogP contribution in [-0.2, 0) is 6.54 Å².